The summed E-state index contributed by atoms with van der Waals surface area (Å²) in [5, 5.41) is 9.43. The van der Waals surface area contributed by atoms with Crippen molar-refractivity contribution in [1.29, 1.82) is 0 Å². The maximum absolute atomic E-state index is 8.99. The third kappa shape index (κ3) is 4.22. The van der Waals surface area contributed by atoms with Gasteiger partial charge in [0.15, 0.2) is 4.34 Å². The minimum absolute atomic E-state index is 0.0207. The average Bonchev–Trinajstić information content (AvgIpc) is 2.65. The van der Waals surface area contributed by atoms with Crippen molar-refractivity contribution in [3.63, 3.8) is 0 Å². The van der Waals surface area contributed by atoms with Gasteiger partial charge in [0.25, 0.3) is 0 Å². The van der Waals surface area contributed by atoms with Crippen molar-refractivity contribution >= 4 is 34.7 Å². The molecule has 16 heavy (non-hydrogen) atoms. The van der Waals surface area contributed by atoms with Crippen molar-refractivity contribution in [3.8, 4) is 0 Å². The molecule has 1 heterocycles. The molecular weight excluding hydrogens is 264 g/mol. The zero-order valence-electron chi connectivity index (χ0n) is 9.57. The Hall–Kier alpha value is 0.190. The molecule has 0 aliphatic heterocycles. The van der Waals surface area contributed by atoms with Crippen LogP contribution in [0.25, 0.3) is 0 Å². The van der Waals surface area contributed by atoms with Crippen LogP contribution in [0, 0.1) is 0 Å². The Morgan fingerprint density at radius 2 is 2.12 bits per heavy atom. The number of thioether (sulfide) groups is 1. The number of hydrogen-bond donors (Lipinski definition) is 1. The Morgan fingerprint density at radius 3 is 2.62 bits per heavy atom. The fourth-order valence-electron chi connectivity index (χ4n) is 1.27. The van der Waals surface area contributed by atoms with Gasteiger partial charge in [0.2, 0.25) is 0 Å². The number of aliphatic hydroxyl groups excluding tert-OH is 1. The zero-order chi connectivity index (χ0) is 12.0. The van der Waals surface area contributed by atoms with Gasteiger partial charge in [-0.25, -0.2) is 4.98 Å². The summed E-state index contributed by atoms with van der Waals surface area (Å²) in [4.78, 5) is 7.33. The lowest BCUT2D eigenvalue weighted by atomic mass is 10.5. The summed E-state index contributed by atoms with van der Waals surface area (Å²) in [5.41, 5.74) is 0. The molecule has 1 aromatic heterocycles. The van der Waals surface area contributed by atoms with Gasteiger partial charge in [0, 0.05) is 12.3 Å². The molecule has 0 atom stereocenters. The summed E-state index contributed by atoms with van der Waals surface area (Å²) in [6, 6.07) is 0. The first-order valence-electron chi connectivity index (χ1n) is 5.32. The molecular formula is C10H17ClN2OS2. The second-order valence-electron chi connectivity index (χ2n) is 3.23. The monoisotopic (exact) mass is 280 g/mol. The minimum Gasteiger partial charge on any atom is -0.391 e. The molecule has 92 valence electrons. The van der Waals surface area contributed by atoms with E-state index in [1.54, 1.807) is 11.8 Å². The number of rotatable bonds is 7. The van der Waals surface area contributed by atoms with Gasteiger partial charge in [-0.05, 0) is 13.1 Å². The molecule has 1 N–H and O–H groups in total. The maximum atomic E-state index is 8.99. The van der Waals surface area contributed by atoms with E-state index in [0.29, 0.717) is 5.15 Å². The second kappa shape index (κ2) is 7.50. The van der Waals surface area contributed by atoms with Gasteiger partial charge in [-0.1, -0.05) is 37.2 Å². The third-order valence-corrected chi connectivity index (χ3v) is 4.89. The number of thiazole rings is 1. The molecule has 0 spiro atoms. The van der Waals surface area contributed by atoms with Crippen LogP contribution in [0.2, 0.25) is 5.15 Å². The molecule has 0 fully saturated rings. The molecule has 0 amide bonds. The van der Waals surface area contributed by atoms with Crippen molar-refractivity contribution < 1.29 is 5.11 Å². The van der Waals surface area contributed by atoms with Gasteiger partial charge in [0.05, 0.1) is 11.5 Å². The summed E-state index contributed by atoms with van der Waals surface area (Å²) in [7, 11) is 0. The van der Waals surface area contributed by atoms with Crippen molar-refractivity contribution in [2.24, 2.45) is 0 Å². The van der Waals surface area contributed by atoms with Gasteiger partial charge in [-0.3, -0.25) is 0 Å². The molecule has 1 rings (SSSR count). The fourth-order valence-corrected chi connectivity index (χ4v) is 3.64. The Kier molecular flexibility index (Phi) is 6.68. The van der Waals surface area contributed by atoms with Crippen LogP contribution < -0.4 is 0 Å². The van der Waals surface area contributed by atoms with E-state index in [2.05, 4.69) is 23.7 Å². The molecule has 6 heteroatoms. The quantitative estimate of drug-likeness (QED) is 0.779. The van der Waals surface area contributed by atoms with Crippen LogP contribution in [-0.2, 0) is 6.61 Å². The number of nitrogens with zero attached hydrogens (tertiary/aromatic N) is 2. The summed E-state index contributed by atoms with van der Waals surface area (Å²) in [5.74, 6) is 1.01. The largest absolute Gasteiger partial charge is 0.391 e. The van der Waals surface area contributed by atoms with E-state index >= 15 is 0 Å². The molecule has 0 aromatic carbocycles. The van der Waals surface area contributed by atoms with Crippen LogP contribution in [-0.4, -0.2) is 40.4 Å². The Labute approximate surface area is 110 Å². The van der Waals surface area contributed by atoms with Crippen LogP contribution in [0.3, 0.4) is 0 Å². The Bertz CT molecular complexity index is 316. The van der Waals surface area contributed by atoms with Gasteiger partial charge in [-0.2, -0.15) is 0 Å². The molecule has 1 aromatic rings. The first-order valence-corrected chi connectivity index (χ1v) is 7.50. The van der Waals surface area contributed by atoms with Crippen LogP contribution in [0.15, 0.2) is 4.34 Å². The van der Waals surface area contributed by atoms with E-state index in [1.165, 1.54) is 11.3 Å². The number of hydrogen-bond acceptors (Lipinski definition) is 5. The van der Waals surface area contributed by atoms with E-state index in [1.807, 2.05) is 0 Å². The summed E-state index contributed by atoms with van der Waals surface area (Å²) >= 11 is 9.03. The molecule has 0 aliphatic rings. The Morgan fingerprint density at radius 1 is 1.44 bits per heavy atom. The number of halogens is 1. The molecule has 0 unspecified atom stereocenters. The van der Waals surface area contributed by atoms with Gasteiger partial charge < -0.3 is 10.0 Å². The molecule has 3 nitrogen and oxygen atoms in total. The first-order chi connectivity index (χ1) is 7.71. The average molecular weight is 281 g/mol. The van der Waals surface area contributed by atoms with Crippen LogP contribution >= 0.6 is 34.7 Å². The topological polar surface area (TPSA) is 36.4 Å². The number of aliphatic hydroxyl groups is 1. The van der Waals surface area contributed by atoms with Crippen LogP contribution in [0.5, 0.6) is 0 Å². The maximum Gasteiger partial charge on any atom is 0.152 e. The van der Waals surface area contributed by atoms with E-state index in [4.69, 9.17) is 16.7 Å². The normalized spacial score (nSPS) is 11.3. The lowest BCUT2D eigenvalue weighted by molar-refractivity contribution is 0.285. The zero-order valence-corrected chi connectivity index (χ0v) is 12.0. The highest BCUT2D eigenvalue weighted by molar-refractivity contribution is 8.01. The summed E-state index contributed by atoms with van der Waals surface area (Å²) in [6.45, 7) is 7.53. The van der Waals surface area contributed by atoms with Crippen molar-refractivity contribution in [1.82, 2.24) is 9.88 Å². The molecule has 0 saturated heterocycles. The highest BCUT2D eigenvalue weighted by Gasteiger charge is 2.08. The lowest BCUT2D eigenvalue weighted by Gasteiger charge is -2.16. The van der Waals surface area contributed by atoms with Gasteiger partial charge in [-0.15, -0.1) is 11.3 Å². The van der Waals surface area contributed by atoms with E-state index in [9.17, 15) is 0 Å². The van der Waals surface area contributed by atoms with Crippen molar-refractivity contribution in [3.05, 3.63) is 10.0 Å². The minimum atomic E-state index is -0.0207. The predicted octanol–water partition coefficient (Wildman–Crippen LogP) is 2.72. The standard InChI is InChI=1S/C10H17ClN2OS2/c1-3-13(4-2)5-6-15-10-12-9(11)8(7-14)16-10/h14H,3-7H2,1-2H3. The second-order valence-corrected chi connectivity index (χ2v) is 6.01. The van der Waals surface area contributed by atoms with Crippen molar-refractivity contribution in [2.75, 3.05) is 25.4 Å². The van der Waals surface area contributed by atoms with Crippen molar-refractivity contribution in [2.45, 2.75) is 24.8 Å². The first kappa shape index (κ1) is 14.3. The lowest BCUT2D eigenvalue weighted by Crippen LogP contribution is -2.25. The van der Waals surface area contributed by atoms with Crippen LogP contribution in [0.1, 0.15) is 18.7 Å². The predicted molar refractivity (Wildman–Crippen MR) is 71.6 cm³/mol. The van der Waals surface area contributed by atoms with E-state index < -0.39 is 0 Å². The molecule has 0 bridgehead atoms. The summed E-state index contributed by atoms with van der Waals surface area (Å²) < 4.78 is 0.946. The third-order valence-electron chi connectivity index (χ3n) is 2.30. The van der Waals surface area contributed by atoms with E-state index in [0.717, 1.165) is 34.6 Å². The summed E-state index contributed by atoms with van der Waals surface area (Å²) in [6.07, 6.45) is 0. The fraction of sp³-hybridized carbons (Fsp3) is 0.700. The van der Waals surface area contributed by atoms with E-state index in [-0.39, 0.29) is 6.61 Å². The molecule has 0 saturated carbocycles. The molecule has 0 radical (unpaired) electrons. The molecule has 0 aliphatic carbocycles. The number of aromatic nitrogens is 1. The van der Waals surface area contributed by atoms with Gasteiger partial charge >= 0.3 is 0 Å². The highest BCUT2D eigenvalue weighted by atomic mass is 35.5. The van der Waals surface area contributed by atoms with Crippen LogP contribution in [0.4, 0.5) is 0 Å². The highest BCUT2D eigenvalue weighted by Crippen LogP contribution is 2.30. The SMILES string of the molecule is CCN(CC)CCSc1nc(Cl)c(CO)s1. The van der Waals surface area contributed by atoms with Gasteiger partial charge in [0.1, 0.15) is 5.15 Å². The Balaban J connectivity index is 2.36. The smallest absolute Gasteiger partial charge is 0.152 e.